The van der Waals surface area contributed by atoms with Crippen molar-refractivity contribution in [3.05, 3.63) is 59.7 Å². The van der Waals surface area contributed by atoms with Crippen LogP contribution in [-0.4, -0.2) is 52.7 Å². The highest BCUT2D eigenvalue weighted by Crippen LogP contribution is 2.44. The van der Waals surface area contributed by atoms with Crippen LogP contribution in [0.25, 0.3) is 11.1 Å². The lowest BCUT2D eigenvalue weighted by Gasteiger charge is -2.35. The lowest BCUT2D eigenvalue weighted by atomic mass is 9.98. The Morgan fingerprint density at radius 1 is 1.03 bits per heavy atom. The van der Waals surface area contributed by atoms with E-state index in [0.717, 1.165) is 28.7 Å². The van der Waals surface area contributed by atoms with Gasteiger partial charge in [0.05, 0.1) is 0 Å². The van der Waals surface area contributed by atoms with Crippen LogP contribution in [0.15, 0.2) is 48.5 Å². The van der Waals surface area contributed by atoms with Crippen LogP contribution >= 0.6 is 0 Å². The van der Waals surface area contributed by atoms with E-state index in [9.17, 15) is 19.5 Å². The van der Waals surface area contributed by atoms with Crippen molar-refractivity contribution in [1.82, 2.24) is 10.2 Å². The number of fused-ring (bicyclic) bond motifs is 3. The van der Waals surface area contributed by atoms with Crippen LogP contribution in [0.1, 0.15) is 64.0 Å². The molecule has 2 N–H and O–H groups in total. The molecule has 1 atom stereocenters. The Hall–Kier alpha value is -3.35. The minimum atomic E-state index is -1.33. The van der Waals surface area contributed by atoms with Gasteiger partial charge in [-0.3, -0.25) is 4.79 Å². The second kappa shape index (κ2) is 10.7. The molecule has 2 amide bonds. The molecule has 2 aromatic carbocycles. The summed E-state index contributed by atoms with van der Waals surface area (Å²) in [6.45, 7) is 7.18. The number of nitrogens with zero attached hydrogens (tertiary/aromatic N) is 1. The lowest BCUT2D eigenvalue weighted by Crippen LogP contribution is -2.54. The minimum Gasteiger partial charge on any atom is -0.480 e. The number of likely N-dealkylation sites (N-methyl/N-ethyl adjacent to an activating group) is 1. The van der Waals surface area contributed by atoms with Crippen molar-refractivity contribution in [2.24, 2.45) is 0 Å². The van der Waals surface area contributed by atoms with Crippen molar-refractivity contribution in [2.45, 2.75) is 64.5 Å². The average molecular weight is 467 g/mol. The first-order chi connectivity index (χ1) is 16.2. The summed E-state index contributed by atoms with van der Waals surface area (Å²) >= 11 is 0. The number of amides is 2. The van der Waals surface area contributed by atoms with Gasteiger partial charge in [0.2, 0.25) is 5.91 Å². The van der Waals surface area contributed by atoms with Gasteiger partial charge in [-0.1, -0.05) is 61.9 Å². The molecule has 0 aliphatic heterocycles. The first kappa shape index (κ1) is 25.3. The third-order valence-corrected chi connectivity index (χ3v) is 6.54. The Bertz CT molecular complexity index is 1000. The van der Waals surface area contributed by atoms with Crippen molar-refractivity contribution in [3.8, 4) is 11.1 Å². The lowest BCUT2D eigenvalue weighted by molar-refractivity contribution is -0.156. The van der Waals surface area contributed by atoms with Gasteiger partial charge in [0.15, 0.2) is 0 Å². The Balaban J connectivity index is 1.65. The first-order valence-electron chi connectivity index (χ1n) is 11.9. The number of ether oxygens (including phenoxy) is 1. The number of benzene rings is 2. The van der Waals surface area contributed by atoms with Crippen molar-refractivity contribution >= 4 is 18.0 Å². The molecule has 0 radical (unpaired) electrons. The normalized spacial score (nSPS) is 13.5. The van der Waals surface area contributed by atoms with Crippen LogP contribution in [0.5, 0.6) is 0 Å². The number of rotatable bonds is 10. The van der Waals surface area contributed by atoms with Gasteiger partial charge in [-0.25, -0.2) is 9.59 Å². The van der Waals surface area contributed by atoms with Crippen molar-refractivity contribution in [3.63, 3.8) is 0 Å². The molecule has 0 bridgehead atoms. The van der Waals surface area contributed by atoms with Crippen LogP contribution < -0.4 is 5.32 Å². The maximum absolute atomic E-state index is 12.9. The number of hydrogen-bond donors (Lipinski definition) is 2. The van der Waals surface area contributed by atoms with Gasteiger partial charge in [-0.05, 0) is 49.4 Å². The zero-order chi connectivity index (χ0) is 24.9. The van der Waals surface area contributed by atoms with E-state index in [-0.39, 0.29) is 31.4 Å². The second-order valence-corrected chi connectivity index (χ2v) is 9.16. The zero-order valence-corrected chi connectivity index (χ0v) is 20.3. The molecule has 1 aliphatic carbocycles. The molecule has 182 valence electrons. The van der Waals surface area contributed by atoms with E-state index in [1.54, 1.807) is 6.92 Å². The molecule has 7 nitrogen and oxygen atoms in total. The number of nitrogens with one attached hydrogen (secondary N) is 1. The number of hydrogen-bond acceptors (Lipinski definition) is 4. The number of carboxylic acid groups (broad SMARTS) is 1. The molecular formula is C27H34N2O5. The van der Waals surface area contributed by atoms with Crippen LogP contribution in [0.4, 0.5) is 4.79 Å². The van der Waals surface area contributed by atoms with E-state index >= 15 is 0 Å². The smallest absolute Gasteiger partial charge is 0.407 e. The average Bonchev–Trinajstić information content (AvgIpc) is 3.12. The van der Waals surface area contributed by atoms with Gasteiger partial charge in [-0.2, -0.15) is 0 Å². The molecule has 1 aliphatic rings. The molecule has 0 aromatic heterocycles. The van der Waals surface area contributed by atoms with Crippen LogP contribution in [-0.2, 0) is 14.3 Å². The van der Waals surface area contributed by atoms with E-state index in [1.165, 1.54) is 18.7 Å². The summed E-state index contributed by atoms with van der Waals surface area (Å²) in [6.07, 6.45) is 0.785. The maximum atomic E-state index is 12.9. The first-order valence-corrected chi connectivity index (χ1v) is 11.9. The van der Waals surface area contributed by atoms with Gasteiger partial charge in [0, 0.05) is 24.9 Å². The van der Waals surface area contributed by atoms with Gasteiger partial charge < -0.3 is 20.1 Å². The highest BCUT2D eigenvalue weighted by atomic mass is 16.5. The number of carbonyl (C=O) groups is 3. The molecule has 7 heteroatoms. The summed E-state index contributed by atoms with van der Waals surface area (Å²) in [4.78, 5) is 38.5. The Kier molecular flexibility index (Phi) is 7.97. The standard InChI is InChI=1S/C27H34N2O5/c1-5-11-18(16-24(30)29(6-2)27(3,4)25(31)32)28-26(33)34-17-23-21-14-9-7-12-19(21)20-13-8-10-15-22(20)23/h7-10,12-15,18,23H,5-6,11,16-17H2,1-4H3,(H,28,33)(H,31,32). The van der Waals surface area contributed by atoms with E-state index in [2.05, 4.69) is 29.6 Å². The quantitative estimate of drug-likeness (QED) is 0.525. The van der Waals surface area contributed by atoms with Gasteiger partial charge in [0.1, 0.15) is 12.1 Å². The molecule has 0 saturated carbocycles. The number of alkyl carbamates (subject to hydrolysis) is 1. The Morgan fingerprint density at radius 2 is 1.59 bits per heavy atom. The molecule has 2 aromatic rings. The minimum absolute atomic E-state index is 0.0165. The fraction of sp³-hybridized carbons (Fsp3) is 0.444. The number of carbonyl (C=O) groups excluding carboxylic acids is 2. The third-order valence-electron chi connectivity index (χ3n) is 6.54. The Labute approximate surface area is 201 Å². The van der Waals surface area contributed by atoms with Crippen LogP contribution in [0.3, 0.4) is 0 Å². The van der Waals surface area contributed by atoms with E-state index < -0.39 is 23.6 Å². The molecule has 0 saturated heterocycles. The van der Waals surface area contributed by atoms with Gasteiger partial charge in [0.25, 0.3) is 0 Å². The molecule has 34 heavy (non-hydrogen) atoms. The largest absolute Gasteiger partial charge is 0.480 e. The van der Waals surface area contributed by atoms with E-state index in [4.69, 9.17) is 4.74 Å². The van der Waals surface area contributed by atoms with Crippen molar-refractivity contribution < 1.29 is 24.2 Å². The Morgan fingerprint density at radius 3 is 2.09 bits per heavy atom. The number of aliphatic carboxylic acids is 1. The van der Waals surface area contributed by atoms with E-state index in [0.29, 0.717) is 6.42 Å². The predicted octanol–water partition coefficient (Wildman–Crippen LogP) is 4.80. The SMILES string of the molecule is CCCC(CC(=O)N(CC)C(C)(C)C(=O)O)NC(=O)OCC1c2ccccc2-c2ccccc21. The van der Waals surface area contributed by atoms with Gasteiger partial charge >= 0.3 is 12.1 Å². The maximum Gasteiger partial charge on any atom is 0.407 e. The summed E-state index contributed by atoms with van der Waals surface area (Å²) < 4.78 is 5.62. The number of carboxylic acids is 1. The van der Waals surface area contributed by atoms with Crippen LogP contribution in [0, 0.1) is 0 Å². The van der Waals surface area contributed by atoms with Crippen molar-refractivity contribution in [1.29, 1.82) is 0 Å². The van der Waals surface area contributed by atoms with E-state index in [1.807, 2.05) is 31.2 Å². The molecule has 3 rings (SSSR count). The van der Waals surface area contributed by atoms with Crippen LogP contribution in [0.2, 0.25) is 0 Å². The summed E-state index contributed by atoms with van der Waals surface area (Å²) in [6, 6.07) is 15.8. The topological polar surface area (TPSA) is 95.9 Å². The third kappa shape index (κ3) is 5.24. The summed E-state index contributed by atoms with van der Waals surface area (Å²) in [7, 11) is 0. The van der Waals surface area contributed by atoms with Gasteiger partial charge in [-0.15, -0.1) is 0 Å². The predicted molar refractivity (Wildman–Crippen MR) is 131 cm³/mol. The summed E-state index contributed by atoms with van der Waals surface area (Å²) in [5, 5.41) is 12.3. The molecule has 0 spiro atoms. The summed E-state index contributed by atoms with van der Waals surface area (Å²) in [5.74, 6) is -1.43. The monoisotopic (exact) mass is 466 g/mol. The second-order valence-electron chi connectivity index (χ2n) is 9.16. The molecule has 0 fully saturated rings. The molecule has 0 heterocycles. The zero-order valence-electron chi connectivity index (χ0n) is 20.3. The highest BCUT2D eigenvalue weighted by molar-refractivity contribution is 5.87. The summed E-state index contributed by atoms with van der Waals surface area (Å²) in [5.41, 5.74) is 3.24. The fourth-order valence-electron chi connectivity index (χ4n) is 4.70. The molecular weight excluding hydrogens is 432 g/mol. The molecule has 1 unspecified atom stereocenters. The fourth-order valence-corrected chi connectivity index (χ4v) is 4.70. The highest BCUT2D eigenvalue weighted by Gasteiger charge is 2.37. The van der Waals surface area contributed by atoms with Crippen molar-refractivity contribution in [2.75, 3.05) is 13.2 Å².